The molecule has 2 aromatic carbocycles. The molecule has 1 saturated heterocycles. The summed E-state index contributed by atoms with van der Waals surface area (Å²) >= 11 is 12.9. The van der Waals surface area contributed by atoms with Gasteiger partial charge in [0.1, 0.15) is 5.52 Å². The second kappa shape index (κ2) is 10.8. The highest BCUT2D eigenvalue weighted by Gasteiger charge is 2.62. The third-order valence-electron chi connectivity index (χ3n) is 10.2. The average Bonchev–Trinajstić information content (AvgIpc) is 3.86. The molecule has 3 heterocycles. The fourth-order valence-corrected chi connectivity index (χ4v) is 8.13. The zero-order chi connectivity index (χ0) is 32.1. The van der Waals surface area contributed by atoms with Crippen molar-refractivity contribution in [3.63, 3.8) is 0 Å². The monoisotopic (exact) mass is 660 g/mol. The van der Waals surface area contributed by atoms with Crippen LogP contribution in [-0.2, 0) is 16.0 Å². The van der Waals surface area contributed by atoms with Crippen LogP contribution in [0.3, 0.4) is 0 Å². The Hall–Kier alpha value is -3.51. The maximum atomic E-state index is 16.8. The molecule has 4 fully saturated rings. The molecule has 4 aromatic rings. The van der Waals surface area contributed by atoms with Gasteiger partial charge in [-0.1, -0.05) is 41.9 Å². The number of pyridine rings is 1. The number of piperidine rings is 1. The summed E-state index contributed by atoms with van der Waals surface area (Å²) in [4.78, 5) is 23.8. The van der Waals surface area contributed by atoms with Gasteiger partial charge in [-0.2, -0.15) is 5.26 Å². The molecule has 4 aliphatic rings. The predicted molar refractivity (Wildman–Crippen MR) is 175 cm³/mol. The smallest absolute Gasteiger partial charge is 0.261 e. The second-order valence-electron chi connectivity index (χ2n) is 13.4. The molecular formula is C36H32Cl2F2N4O2. The summed E-state index contributed by atoms with van der Waals surface area (Å²) in [6, 6.07) is 10.6. The van der Waals surface area contributed by atoms with Crippen LogP contribution in [0.15, 0.2) is 36.9 Å². The Bertz CT molecular complexity index is 2010. The molecule has 3 aliphatic carbocycles. The number of alkyl halides is 1. The minimum Gasteiger partial charge on any atom is -0.375 e. The second-order valence-corrected chi connectivity index (χ2v) is 14.2. The molecule has 1 aliphatic heterocycles. The normalized spacial score (nSPS) is 24.6. The summed E-state index contributed by atoms with van der Waals surface area (Å²) < 4.78 is 38.6. The molecule has 10 heteroatoms. The Balaban J connectivity index is 1.33. The molecular weight excluding hydrogens is 629 g/mol. The van der Waals surface area contributed by atoms with E-state index >= 15 is 8.78 Å². The quantitative estimate of drug-likeness (QED) is 0.204. The third kappa shape index (κ3) is 4.65. The number of nitrogens with one attached hydrogen (secondary N) is 1. The number of hydrogen-bond acceptors (Lipinski definition) is 4. The molecule has 2 aromatic heterocycles. The number of aromatic amines is 1. The first kappa shape index (κ1) is 29.9. The van der Waals surface area contributed by atoms with Gasteiger partial charge in [0.25, 0.3) is 5.91 Å². The number of amides is 1. The molecule has 46 heavy (non-hydrogen) atoms. The van der Waals surface area contributed by atoms with E-state index in [9.17, 15) is 10.1 Å². The number of carbonyl (C=O) groups excluding carboxylic acids is 1. The van der Waals surface area contributed by atoms with Crippen molar-refractivity contribution in [1.29, 1.82) is 5.26 Å². The first-order valence-corrected chi connectivity index (χ1v) is 16.7. The van der Waals surface area contributed by atoms with Crippen molar-refractivity contribution in [2.24, 2.45) is 5.92 Å². The van der Waals surface area contributed by atoms with E-state index in [-0.39, 0.29) is 66.0 Å². The minimum absolute atomic E-state index is 0.0109. The molecule has 3 saturated carbocycles. The van der Waals surface area contributed by atoms with Crippen molar-refractivity contribution in [2.45, 2.75) is 88.3 Å². The largest absolute Gasteiger partial charge is 0.375 e. The number of H-pyrrole nitrogens is 1. The third-order valence-corrected chi connectivity index (χ3v) is 11.0. The van der Waals surface area contributed by atoms with E-state index in [0.29, 0.717) is 44.7 Å². The van der Waals surface area contributed by atoms with E-state index in [1.54, 1.807) is 23.1 Å². The highest BCUT2D eigenvalue weighted by atomic mass is 35.5. The SMILES string of the molecule is C=C(C)c1nc2c(F)c(-c3cccc(Cl)c3Cl)c(CCC#N)cc2c2[nH]c(C3C4CC(CC4OC4CC4)N3C(=O)C3(F)CC3)cc12. The number of likely N-dealkylation sites (tertiary alicyclic amines) is 1. The predicted octanol–water partition coefficient (Wildman–Crippen LogP) is 9.03. The lowest BCUT2D eigenvalue weighted by Gasteiger charge is -2.39. The molecule has 4 atom stereocenters. The Kier molecular flexibility index (Phi) is 6.99. The molecule has 0 radical (unpaired) electrons. The number of fused-ring (bicyclic) bond motifs is 5. The number of carbonyl (C=O) groups is 1. The highest BCUT2D eigenvalue weighted by molar-refractivity contribution is 6.43. The van der Waals surface area contributed by atoms with Gasteiger partial charge in [0.2, 0.25) is 0 Å². The topological polar surface area (TPSA) is 82.0 Å². The molecule has 4 unspecified atom stereocenters. The van der Waals surface area contributed by atoms with Gasteiger partial charge in [-0.05, 0) is 81.2 Å². The number of halogens is 4. The van der Waals surface area contributed by atoms with E-state index in [2.05, 4.69) is 17.6 Å². The van der Waals surface area contributed by atoms with Crippen LogP contribution < -0.4 is 0 Å². The van der Waals surface area contributed by atoms with Gasteiger partial charge in [-0.3, -0.25) is 4.79 Å². The van der Waals surface area contributed by atoms with Crippen molar-refractivity contribution >= 4 is 56.5 Å². The van der Waals surface area contributed by atoms with Crippen molar-refractivity contribution in [1.82, 2.24) is 14.9 Å². The van der Waals surface area contributed by atoms with Crippen molar-refractivity contribution in [3.05, 3.63) is 69.7 Å². The Morgan fingerprint density at radius 3 is 2.72 bits per heavy atom. The fraction of sp³-hybridized carbons (Fsp3) is 0.417. The first-order chi connectivity index (χ1) is 22.1. The standard InChI is InChI=1S/C36H32Cl2F2N4O2/c1-17(2)31-24-16-26(34-22-14-19(15-27(22)46-20-8-9-20)44(34)35(45)36(40)10-11-36)42-32(24)23-13-18(5-4-12-41)28(30(39)33(23)43-31)21-6-3-7-25(37)29(21)38/h3,6-7,13,16,19-20,22,27,34,42H,1,4-5,8-11,14-15H2,2H3. The number of aromatic nitrogens is 2. The Morgan fingerprint density at radius 2 is 2.02 bits per heavy atom. The summed E-state index contributed by atoms with van der Waals surface area (Å²) in [6.45, 7) is 5.97. The molecule has 0 spiro atoms. The van der Waals surface area contributed by atoms with Crippen LogP contribution in [0.4, 0.5) is 8.78 Å². The lowest BCUT2D eigenvalue weighted by molar-refractivity contribution is -0.146. The van der Waals surface area contributed by atoms with Crippen molar-refractivity contribution in [2.75, 3.05) is 0 Å². The first-order valence-electron chi connectivity index (χ1n) is 15.9. The summed E-state index contributed by atoms with van der Waals surface area (Å²) in [5.41, 5.74) is 2.17. The van der Waals surface area contributed by atoms with E-state index in [0.717, 1.165) is 30.3 Å². The fourth-order valence-electron chi connectivity index (χ4n) is 7.73. The highest BCUT2D eigenvalue weighted by Crippen LogP contribution is 2.56. The van der Waals surface area contributed by atoms with Gasteiger partial charge in [0.15, 0.2) is 11.5 Å². The number of nitriles is 1. The van der Waals surface area contributed by atoms with Crippen LogP contribution in [0.2, 0.25) is 10.0 Å². The number of benzene rings is 2. The van der Waals surface area contributed by atoms with Gasteiger partial charge < -0.3 is 14.6 Å². The van der Waals surface area contributed by atoms with Crippen molar-refractivity contribution in [3.8, 4) is 17.2 Å². The van der Waals surface area contributed by atoms with Crippen LogP contribution in [0.5, 0.6) is 0 Å². The van der Waals surface area contributed by atoms with E-state index in [1.165, 1.54) is 0 Å². The number of hydrogen-bond donors (Lipinski definition) is 1. The van der Waals surface area contributed by atoms with Crippen LogP contribution in [0.25, 0.3) is 38.5 Å². The van der Waals surface area contributed by atoms with Crippen molar-refractivity contribution < 1.29 is 18.3 Å². The summed E-state index contributed by atoms with van der Waals surface area (Å²) in [7, 11) is 0. The van der Waals surface area contributed by atoms with E-state index < -0.39 is 23.4 Å². The lowest BCUT2D eigenvalue weighted by atomic mass is 9.92. The van der Waals surface area contributed by atoms with E-state index in [4.69, 9.17) is 32.9 Å². The summed E-state index contributed by atoms with van der Waals surface area (Å²) in [5.74, 6) is -1.00. The van der Waals surface area contributed by atoms with Gasteiger partial charge in [-0.25, -0.2) is 13.8 Å². The molecule has 8 rings (SSSR count). The number of ether oxygens (including phenoxy) is 1. The number of aryl methyl sites for hydroxylation is 1. The van der Waals surface area contributed by atoms with Gasteiger partial charge >= 0.3 is 0 Å². The maximum Gasteiger partial charge on any atom is 0.261 e. The number of nitrogens with zero attached hydrogens (tertiary/aromatic N) is 3. The lowest BCUT2D eigenvalue weighted by Crippen LogP contribution is -2.48. The van der Waals surface area contributed by atoms with Crippen LogP contribution >= 0.6 is 23.2 Å². The van der Waals surface area contributed by atoms with Gasteiger partial charge in [0, 0.05) is 46.0 Å². The summed E-state index contributed by atoms with van der Waals surface area (Å²) in [5, 5.41) is 11.2. The molecule has 2 bridgehead atoms. The minimum atomic E-state index is -1.80. The van der Waals surface area contributed by atoms with Crippen LogP contribution in [0, 0.1) is 23.1 Å². The van der Waals surface area contributed by atoms with Crippen LogP contribution in [0.1, 0.15) is 74.9 Å². The number of allylic oxidation sites excluding steroid dienone is 1. The molecule has 6 nitrogen and oxygen atoms in total. The molecule has 1 N–H and O–H groups in total. The average molecular weight is 662 g/mol. The molecule has 236 valence electrons. The van der Waals surface area contributed by atoms with Crippen LogP contribution in [-0.4, -0.2) is 44.7 Å². The Labute approximate surface area is 275 Å². The zero-order valence-corrected chi connectivity index (χ0v) is 26.8. The van der Waals surface area contributed by atoms with Gasteiger partial charge in [-0.15, -0.1) is 0 Å². The zero-order valence-electron chi connectivity index (χ0n) is 25.3. The Morgan fingerprint density at radius 1 is 1.24 bits per heavy atom. The summed E-state index contributed by atoms with van der Waals surface area (Å²) in [6.07, 6.45) is 4.75. The molecule has 1 amide bonds. The van der Waals surface area contributed by atoms with E-state index in [1.807, 2.05) is 19.1 Å². The maximum absolute atomic E-state index is 16.8. The van der Waals surface area contributed by atoms with Gasteiger partial charge in [0.05, 0.1) is 45.6 Å². The number of rotatable bonds is 8.